The first-order chi connectivity index (χ1) is 18.6. The number of rotatable bonds is 12. The Kier molecular flexibility index (Phi) is 10.5. The molecule has 0 aliphatic rings. The second-order valence-corrected chi connectivity index (χ2v) is 10.5. The van der Waals surface area contributed by atoms with Crippen molar-refractivity contribution in [2.24, 2.45) is 0 Å². The van der Waals surface area contributed by atoms with Gasteiger partial charge in [0.05, 0.1) is 11.7 Å². The molecule has 39 heavy (non-hydrogen) atoms. The molecule has 0 aliphatic carbocycles. The van der Waals surface area contributed by atoms with Crippen molar-refractivity contribution in [3.8, 4) is 5.75 Å². The number of ether oxygens (including phenoxy) is 2. The summed E-state index contributed by atoms with van der Waals surface area (Å²) >= 11 is 0. The minimum Gasteiger partial charge on any atom is -0.459 e. The molecule has 3 rings (SSSR count). The summed E-state index contributed by atoms with van der Waals surface area (Å²) in [7, 11) is -2.83. The average molecular weight is 565 g/mol. The van der Waals surface area contributed by atoms with Gasteiger partial charge in [0.15, 0.2) is 0 Å². The first-order valence-electron chi connectivity index (χ1n) is 11.8. The SMILES string of the molecule is COP(=O)(CCC(NC(=O)OCc1ccccc1)C(=O)OCc1ccccc1)Oc1ccc(C(F)(F)F)cc1. The van der Waals surface area contributed by atoms with E-state index in [-0.39, 0.29) is 31.5 Å². The Balaban J connectivity index is 1.66. The molecule has 3 aromatic carbocycles. The maximum absolute atomic E-state index is 13.2. The highest BCUT2D eigenvalue weighted by Crippen LogP contribution is 2.48. The quantitative estimate of drug-likeness (QED) is 0.202. The summed E-state index contributed by atoms with van der Waals surface area (Å²) in [5, 5.41) is 2.42. The molecule has 208 valence electrons. The summed E-state index contributed by atoms with van der Waals surface area (Å²) in [6.45, 7) is -0.118. The van der Waals surface area contributed by atoms with Gasteiger partial charge < -0.3 is 23.8 Å². The lowest BCUT2D eigenvalue weighted by molar-refractivity contribution is -0.147. The van der Waals surface area contributed by atoms with Gasteiger partial charge in [0.25, 0.3) is 0 Å². The zero-order chi connectivity index (χ0) is 28.3. The van der Waals surface area contributed by atoms with Gasteiger partial charge in [-0.2, -0.15) is 13.2 Å². The standard InChI is InChI=1S/C27H27F3NO7P/c1-35-39(34,38-23-14-12-22(13-15-23)27(28,29)30)17-16-24(25(32)36-18-20-8-4-2-5-9-20)31-26(33)37-19-21-10-6-3-7-11-21/h2-15,24H,16-19H2,1H3,(H,31,33). The summed E-state index contributed by atoms with van der Waals surface area (Å²) < 4.78 is 72.5. The number of benzene rings is 3. The lowest BCUT2D eigenvalue weighted by Crippen LogP contribution is -2.42. The number of hydrogen-bond acceptors (Lipinski definition) is 7. The van der Waals surface area contributed by atoms with E-state index >= 15 is 0 Å². The van der Waals surface area contributed by atoms with Crippen LogP contribution in [0.2, 0.25) is 0 Å². The number of alkyl carbamates (subject to hydrolysis) is 1. The Labute approximate surface area is 223 Å². The maximum atomic E-state index is 13.2. The van der Waals surface area contributed by atoms with Gasteiger partial charge in [0.2, 0.25) is 0 Å². The van der Waals surface area contributed by atoms with Gasteiger partial charge in [-0.3, -0.25) is 0 Å². The molecule has 0 saturated carbocycles. The van der Waals surface area contributed by atoms with E-state index in [1.165, 1.54) is 0 Å². The van der Waals surface area contributed by atoms with Crippen LogP contribution >= 0.6 is 7.60 Å². The number of carbonyl (C=O) groups is 2. The van der Waals surface area contributed by atoms with Crippen LogP contribution in [0.3, 0.4) is 0 Å². The third-order valence-corrected chi connectivity index (χ3v) is 7.26. The lowest BCUT2D eigenvalue weighted by atomic mass is 10.2. The summed E-state index contributed by atoms with van der Waals surface area (Å²) in [6, 6.07) is 20.0. The molecule has 0 aliphatic heterocycles. The summed E-state index contributed by atoms with van der Waals surface area (Å²) in [5.74, 6) is -0.931. The smallest absolute Gasteiger partial charge is 0.416 e. The molecule has 12 heteroatoms. The zero-order valence-corrected chi connectivity index (χ0v) is 21.8. The Bertz CT molecular complexity index is 1260. The van der Waals surface area contributed by atoms with Gasteiger partial charge in [-0.25, -0.2) is 14.2 Å². The normalized spacial score (nSPS) is 13.5. The summed E-state index contributed by atoms with van der Waals surface area (Å²) in [4.78, 5) is 25.3. The molecule has 0 aromatic heterocycles. The zero-order valence-electron chi connectivity index (χ0n) is 20.9. The predicted molar refractivity (Wildman–Crippen MR) is 136 cm³/mol. The van der Waals surface area contributed by atoms with E-state index in [0.29, 0.717) is 5.56 Å². The van der Waals surface area contributed by atoms with E-state index in [9.17, 15) is 27.3 Å². The maximum Gasteiger partial charge on any atom is 0.416 e. The minimum atomic E-state index is -4.54. The largest absolute Gasteiger partial charge is 0.459 e. The second-order valence-electron chi connectivity index (χ2n) is 8.27. The van der Waals surface area contributed by atoms with Crippen molar-refractivity contribution in [3.63, 3.8) is 0 Å². The van der Waals surface area contributed by atoms with Crippen LogP contribution in [0.15, 0.2) is 84.9 Å². The fourth-order valence-corrected chi connectivity index (χ4v) is 4.68. The van der Waals surface area contributed by atoms with Crippen molar-refractivity contribution in [1.29, 1.82) is 0 Å². The lowest BCUT2D eigenvalue weighted by Gasteiger charge is -2.21. The van der Waals surface area contributed by atoms with Crippen LogP contribution in [0.5, 0.6) is 5.75 Å². The number of carbonyl (C=O) groups excluding carboxylic acids is 2. The van der Waals surface area contributed by atoms with Crippen LogP contribution in [0.4, 0.5) is 18.0 Å². The molecule has 0 radical (unpaired) electrons. The summed E-state index contributed by atoms with van der Waals surface area (Å²) in [6.07, 6.45) is -6.05. The first-order valence-corrected chi connectivity index (χ1v) is 13.5. The Morgan fingerprint density at radius 3 is 1.90 bits per heavy atom. The molecule has 0 fully saturated rings. The number of alkyl halides is 3. The van der Waals surface area contributed by atoms with Gasteiger partial charge in [0, 0.05) is 7.11 Å². The molecule has 3 aromatic rings. The van der Waals surface area contributed by atoms with Gasteiger partial charge in [-0.15, -0.1) is 0 Å². The molecular formula is C27H27F3NO7P. The fourth-order valence-electron chi connectivity index (χ4n) is 3.31. The molecule has 2 atom stereocenters. The molecule has 0 saturated heterocycles. The van der Waals surface area contributed by atoms with Crippen molar-refractivity contribution >= 4 is 19.7 Å². The van der Waals surface area contributed by atoms with E-state index in [4.69, 9.17) is 18.5 Å². The highest BCUT2D eigenvalue weighted by molar-refractivity contribution is 7.54. The molecule has 1 amide bonds. The van der Waals surface area contributed by atoms with Crippen LogP contribution in [0, 0.1) is 0 Å². The Morgan fingerprint density at radius 1 is 0.846 bits per heavy atom. The molecule has 0 bridgehead atoms. The average Bonchev–Trinajstić information content (AvgIpc) is 2.93. The highest BCUT2D eigenvalue weighted by Gasteiger charge is 2.33. The molecule has 8 nitrogen and oxygen atoms in total. The van der Waals surface area contributed by atoms with Crippen LogP contribution < -0.4 is 9.84 Å². The number of nitrogens with one attached hydrogen (secondary N) is 1. The van der Waals surface area contributed by atoms with Gasteiger partial charge >= 0.3 is 25.8 Å². The second kappa shape index (κ2) is 13.8. The molecule has 0 heterocycles. The minimum absolute atomic E-state index is 0.0496. The Hall–Kier alpha value is -3.82. The van der Waals surface area contributed by atoms with E-state index in [1.807, 2.05) is 6.07 Å². The Morgan fingerprint density at radius 2 is 1.38 bits per heavy atom. The number of amides is 1. The molecule has 1 N–H and O–H groups in total. The highest BCUT2D eigenvalue weighted by atomic mass is 31.2. The van der Waals surface area contributed by atoms with Crippen LogP contribution in [0.1, 0.15) is 23.1 Å². The van der Waals surface area contributed by atoms with Gasteiger partial charge in [-0.1, -0.05) is 60.7 Å². The van der Waals surface area contributed by atoms with Crippen molar-refractivity contribution < 1.29 is 45.8 Å². The van der Waals surface area contributed by atoms with Crippen molar-refractivity contribution in [3.05, 3.63) is 102 Å². The molecular weight excluding hydrogens is 538 g/mol. The fraction of sp³-hybridized carbons (Fsp3) is 0.259. The van der Waals surface area contributed by atoms with Crippen LogP contribution in [-0.2, 0) is 42.7 Å². The number of halogens is 3. The van der Waals surface area contributed by atoms with Gasteiger partial charge in [0.1, 0.15) is 25.0 Å². The van der Waals surface area contributed by atoms with E-state index in [2.05, 4.69) is 5.32 Å². The van der Waals surface area contributed by atoms with Gasteiger partial charge in [-0.05, 0) is 41.8 Å². The first kappa shape index (κ1) is 29.7. The van der Waals surface area contributed by atoms with E-state index in [1.54, 1.807) is 54.6 Å². The predicted octanol–water partition coefficient (Wildman–Crippen LogP) is 6.35. The van der Waals surface area contributed by atoms with Crippen LogP contribution in [0.25, 0.3) is 0 Å². The monoisotopic (exact) mass is 565 g/mol. The molecule has 2 unspecified atom stereocenters. The van der Waals surface area contributed by atoms with Crippen molar-refractivity contribution in [2.75, 3.05) is 13.3 Å². The van der Waals surface area contributed by atoms with E-state index in [0.717, 1.165) is 36.9 Å². The number of esters is 1. The van der Waals surface area contributed by atoms with E-state index < -0.39 is 37.4 Å². The van der Waals surface area contributed by atoms with Crippen molar-refractivity contribution in [2.45, 2.75) is 31.9 Å². The van der Waals surface area contributed by atoms with Crippen LogP contribution in [-0.4, -0.2) is 31.4 Å². The topological polar surface area (TPSA) is 100 Å². The third kappa shape index (κ3) is 9.77. The number of hydrogen-bond donors (Lipinski definition) is 1. The third-order valence-electron chi connectivity index (χ3n) is 5.41. The summed E-state index contributed by atoms with van der Waals surface area (Å²) in [5.41, 5.74) is 0.538. The molecule has 0 spiro atoms. The van der Waals surface area contributed by atoms with Crippen molar-refractivity contribution in [1.82, 2.24) is 5.32 Å².